The normalized spacial score (nSPS) is 9.50. The molecule has 0 N–H and O–H groups in total. The molecule has 100 valence electrons. The van der Waals surface area contributed by atoms with E-state index in [1.54, 1.807) is 23.9 Å². The van der Waals surface area contributed by atoms with Gasteiger partial charge in [0.1, 0.15) is 0 Å². The van der Waals surface area contributed by atoms with E-state index in [-0.39, 0.29) is 5.97 Å². The van der Waals surface area contributed by atoms with Gasteiger partial charge >= 0.3 is 5.97 Å². The highest BCUT2D eigenvalue weighted by molar-refractivity contribution is 7.98. The Morgan fingerprint density at radius 2 is 1.75 bits per heavy atom. The Morgan fingerprint density at radius 1 is 1.05 bits per heavy atom. The molecular weight excluding hydrogens is 268 g/mol. The quantitative estimate of drug-likeness (QED) is 0.478. The Balaban J connectivity index is 2.23. The lowest BCUT2D eigenvalue weighted by atomic mass is 10.1. The van der Waals surface area contributed by atoms with Crippen LogP contribution in [0.1, 0.15) is 21.5 Å². The van der Waals surface area contributed by atoms with E-state index in [1.165, 1.54) is 7.11 Å². The second-order valence-corrected chi connectivity index (χ2v) is 4.87. The third-order valence-electron chi connectivity index (χ3n) is 2.75. The van der Waals surface area contributed by atoms with Crippen molar-refractivity contribution in [3.63, 3.8) is 0 Å². The maximum Gasteiger partial charge on any atom is 0.337 e. The van der Waals surface area contributed by atoms with Crippen LogP contribution in [0.4, 0.5) is 0 Å². The summed E-state index contributed by atoms with van der Waals surface area (Å²) in [5.74, 6) is 5.92. The number of hydrogen-bond donors (Lipinski definition) is 0. The fourth-order valence-electron chi connectivity index (χ4n) is 1.69. The molecule has 0 saturated carbocycles. The van der Waals surface area contributed by atoms with Crippen molar-refractivity contribution in [1.82, 2.24) is 0 Å². The van der Waals surface area contributed by atoms with Crippen molar-refractivity contribution in [2.24, 2.45) is 0 Å². The number of carbonyl (C=O) groups excluding carboxylic acids is 1. The van der Waals surface area contributed by atoms with Crippen LogP contribution in [0.25, 0.3) is 0 Å². The summed E-state index contributed by atoms with van der Waals surface area (Å²) >= 11 is 1.68. The molecule has 0 heterocycles. The first-order chi connectivity index (χ1) is 9.74. The van der Waals surface area contributed by atoms with E-state index in [9.17, 15) is 4.79 Å². The van der Waals surface area contributed by atoms with E-state index < -0.39 is 0 Å². The van der Waals surface area contributed by atoms with Gasteiger partial charge < -0.3 is 4.74 Å². The highest BCUT2D eigenvalue weighted by Gasteiger charge is 2.03. The summed E-state index contributed by atoms with van der Waals surface area (Å²) < 4.78 is 4.66. The summed E-state index contributed by atoms with van der Waals surface area (Å²) in [6, 6.07) is 15.1. The zero-order valence-electron chi connectivity index (χ0n) is 11.3. The zero-order valence-corrected chi connectivity index (χ0v) is 12.2. The molecule has 2 aromatic carbocycles. The maximum absolute atomic E-state index is 11.3. The molecule has 0 bridgehead atoms. The highest BCUT2D eigenvalue weighted by Crippen LogP contribution is 2.18. The van der Waals surface area contributed by atoms with E-state index >= 15 is 0 Å². The summed E-state index contributed by atoms with van der Waals surface area (Å²) in [7, 11) is 1.37. The van der Waals surface area contributed by atoms with E-state index in [0.29, 0.717) is 5.56 Å². The minimum absolute atomic E-state index is 0.336. The molecule has 20 heavy (non-hydrogen) atoms. The average molecular weight is 282 g/mol. The van der Waals surface area contributed by atoms with Crippen LogP contribution < -0.4 is 0 Å². The van der Waals surface area contributed by atoms with Crippen molar-refractivity contribution in [2.45, 2.75) is 4.90 Å². The third kappa shape index (κ3) is 3.43. The molecule has 2 rings (SSSR count). The largest absolute Gasteiger partial charge is 0.465 e. The first-order valence-electron chi connectivity index (χ1n) is 6.08. The SMILES string of the molecule is COC(=O)c1ccc(C#Cc2ccccc2SC)cc1. The van der Waals surface area contributed by atoms with Crippen molar-refractivity contribution < 1.29 is 9.53 Å². The second-order valence-electron chi connectivity index (χ2n) is 4.02. The molecule has 0 saturated heterocycles. The third-order valence-corrected chi connectivity index (χ3v) is 3.55. The minimum atomic E-state index is -0.336. The lowest BCUT2D eigenvalue weighted by molar-refractivity contribution is 0.0601. The van der Waals surface area contributed by atoms with Gasteiger partial charge in [-0.3, -0.25) is 0 Å². The Bertz CT molecular complexity index is 663. The molecule has 0 aliphatic heterocycles. The van der Waals surface area contributed by atoms with Crippen LogP contribution in [0.15, 0.2) is 53.4 Å². The number of benzene rings is 2. The van der Waals surface area contributed by atoms with Gasteiger partial charge in [0.15, 0.2) is 0 Å². The Labute approximate surface area is 123 Å². The van der Waals surface area contributed by atoms with Crippen LogP contribution in [0.5, 0.6) is 0 Å². The number of ether oxygens (including phenoxy) is 1. The maximum atomic E-state index is 11.3. The summed E-state index contributed by atoms with van der Waals surface area (Å²) in [6.07, 6.45) is 2.03. The molecule has 0 aliphatic carbocycles. The molecule has 0 amide bonds. The van der Waals surface area contributed by atoms with Gasteiger partial charge in [0.25, 0.3) is 0 Å². The number of thioether (sulfide) groups is 1. The van der Waals surface area contributed by atoms with Crippen molar-refractivity contribution in [3.8, 4) is 11.8 Å². The van der Waals surface area contributed by atoms with Crippen LogP contribution in [0, 0.1) is 11.8 Å². The second kappa shape index (κ2) is 6.83. The van der Waals surface area contributed by atoms with Crippen LogP contribution in [0.3, 0.4) is 0 Å². The molecule has 0 fully saturated rings. The summed E-state index contributed by atoms with van der Waals surface area (Å²) in [6.45, 7) is 0. The molecule has 2 aromatic rings. The van der Waals surface area contributed by atoms with Gasteiger partial charge in [-0.1, -0.05) is 24.0 Å². The Morgan fingerprint density at radius 3 is 2.40 bits per heavy atom. The topological polar surface area (TPSA) is 26.3 Å². The Hall–Kier alpha value is -2.18. The van der Waals surface area contributed by atoms with Crippen LogP contribution in [-0.2, 0) is 4.74 Å². The van der Waals surface area contributed by atoms with Crippen molar-refractivity contribution in [2.75, 3.05) is 13.4 Å². The highest BCUT2D eigenvalue weighted by atomic mass is 32.2. The van der Waals surface area contributed by atoms with E-state index in [1.807, 2.05) is 36.6 Å². The molecule has 2 nitrogen and oxygen atoms in total. The van der Waals surface area contributed by atoms with Crippen molar-refractivity contribution >= 4 is 17.7 Å². The number of methoxy groups -OCH3 is 1. The zero-order chi connectivity index (χ0) is 14.4. The molecule has 0 spiro atoms. The molecule has 0 atom stereocenters. The van der Waals surface area contributed by atoms with Gasteiger partial charge in [-0.05, 0) is 42.7 Å². The summed E-state index contributed by atoms with van der Waals surface area (Å²) in [4.78, 5) is 12.5. The smallest absolute Gasteiger partial charge is 0.337 e. The summed E-state index contributed by atoms with van der Waals surface area (Å²) in [5.41, 5.74) is 2.41. The number of carbonyl (C=O) groups is 1. The van der Waals surface area contributed by atoms with Crippen LogP contribution >= 0.6 is 11.8 Å². The molecule has 3 heteroatoms. The predicted molar refractivity (Wildman–Crippen MR) is 82.0 cm³/mol. The first kappa shape index (κ1) is 14.2. The molecule has 0 radical (unpaired) electrons. The van der Waals surface area contributed by atoms with Crippen molar-refractivity contribution in [1.29, 1.82) is 0 Å². The van der Waals surface area contributed by atoms with Gasteiger partial charge in [-0.15, -0.1) is 11.8 Å². The lowest BCUT2D eigenvalue weighted by Crippen LogP contribution is -2.00. The van der Waals surface area contributed by atoms with Gasteiger partial charge in [-0.25, -0.2) is 4.79 Å². The molecule has 0 aromatic heterocycles. The van der Waals surface area contributed by atoms with Gasteiger partial charge in [0.2, 0.25) is 0 Å². The fraction of sp³-hybridized carbons (Fsp3) is 0.118. The van der Waals surface area contributed by atoms with Gasteiger partial charge in [0, 0.05) is 16.0 Å². The van der Waals surface area contributed by atoms with E-state index in [2.05, 4.69) is 22.6 Å². The monoisotopic (exact) mass is 282 g/mol. The number of esters is 1. The predicted octanol–water partition coefficient (Wildman–Crippen LogP) is 3.59. The minimum Gasteiger partial charge on any atom is -0.465 e. The van der Waals surface area contributed by atoms with Gasteiger partial charge in [0.05, 0.1) is 12.7 Å². The summed E-state index contributed by atoms with van der Waals surface area (Å²) in [5, 5.41) is 0. The van der Waals surface area contributed by atoms with Crippen LogP contribution in [0.2, 0.25) is 0 Å². The van der Waals surface area contributed by atoms with Crippen molar-refractivity contribution in [3.05, 3.63) is 65.2 Å². The number of rotatable bonds is 2. The Kier molecular flexibility index (Phi) is 4.86. The standard InChI is InChI=1S/C17H14O2S/c1-19-17(18)15-11-8-13(9-12-15)7-10-14-5-3-4-6-16(14)20-2/h3-6,8-9,11-12H,1-2H3. The van der Waals surface area contributed by atoms with Gasteiger partial charge in [-0.2, -0.15) is 0 Å². The molecular formula is C17H14O2S. The lowest BCUT2D eigenvalue weighted by Gasteiger charge is -1.99. The molecule has 0 unspecified atom stereocenters. The molecule has 0 aliphatic rings. The first-order valence-corrected chi connectivity index (χ1v) is 7.30. The van der Waals surface area contributed by atoms with E-state index in [4.69, 9.17) is 0 Å². The fourth-order valence-corrected chi connectivity index (χ4v) is 2.25. The van der Waals surface area contributed by atoms with E-state index in [0.717, 1.165) is 16.0 Å². The number of hydrogen-bond acceptors (Lipinski definition) is 3. The average Bonchev–Trinajstić information content (AvgIpc) is 2.53. The van der Waals surface area contributed by atoms with Crippen LogP contribution in [-0.4, -0.2) is 19.3 Å².